The first kappa shape index (κ1) is 32.3. The van der Waals surface area contributed by atoms with Crippen molar-refractivity contribution in [1.29, 1.82) is 0 Å². The van der Waals surface area contributed by atoms with E-state index in [2.05, 4.69) is 13.2 Å². The second-order valence-electron chi connectivity index (χ2n) is 12.3. The average molecular weight is 600 g/mol. The van der Waals surface area contributed by atoms with Gasteiger partial charge in [0.1, 0.15) is 5.82 Å². The Kier molecular flexibility index (Phi) is 9.14. The van der Waals surface area contributed by atoms with E-state index in [0.717, 1.165) is 17.7 Å². The number of benzene rings is 2. The molecule has 2 heterocycles. The maximum absolute atomic E-state index is 14.3. The number of carbonyl (C=O) groups excluding carboxylic acids is 2. The van der Waals surface area contributed by atoms with Gasteiger partial charge in [0.05, 0.1) is 29.1 Å². The van der Waals surface area contributed by atoms with Gasteiger partial charge in [-0.3, -0.25) is 4.79 Å². The van der Waals surface area contributed by atoms with Crippen LogP contribution in [0.2, 0.25) is 0 Å². The molecule has 0 saturated carbocycles. The van der Waals surface area contributed by atoms with Crippen molar-refractivity contribution in [1.82, 2.24) is 14.7 Å². The first-order valence-corrected chi connectivity index (χ1v) is 14.7. The van der Waals surface area contributed by atoms with E-state index in [-0.39, 0.29) is 30.4 Å². The number of alkyl halides is 3. The average Bonchev–Trinajstić information content (AvgIpc) is 3.22. The number of aryl methyl sites for hydroxylation is 1. The van der Waals surface area contributed by atoms with Crippen molar-refractivity contribution in [3.63, 3.8) is 0 Å². The van der Waals surface area contributed by atoms with Crippen LogP contribution in [0.15, 0.2) is 61.7 Å². The van der Waals surface area contributed by atoms with Crippen molar-refractivity contribution in [3.8, 4) is 0 Å². The normalized spacial score (nSPS) is 20.7. The number of piperazine rings is 1. The second-order valence-corrected chi connectivity index (χ2v) is 12.3. The van der Waals surface area contributed by atoms with Gasteiger partial charge >= 0.3 is 12.2 Å². The number of hydrogen-bond donors (Lipinski definition) is 0. The smallest absolute Gasteiger partial charge is 0.335 e. The van der Waals surface area contributed by atoms with E-state index < -0.39 is 35.1 Å². The number of carbonyl (C=O) groups is 2. The first-order valence-electron chi connectivity index (χ1n) is 14.7. The van der Waals surface area contributed by atoms with Gasteiger partial charge in [-0.25, -0.2) is 9.18 Å². The van der Waals surface area contributed by atoms with Crippen LogP contribution in [0.25, 0.3) is 0 Å². The number of fused-ring (bicyclic) bond motifs is 1. The summed E-state index contributed by atoms with van der Waals surface area (Å²) in [6, 6.07) is 6.41. The molecule has 0 N–H and O–H groups in total. The molecule has 3 amide bonds. The maximum Gasteiger partial charge on any atom is 0.416 e. The van der Waals surface area contributed by atoms with Crippen LogP contribution < -0.4 is 0 Å². The topological polar surface area (TPSA) is 43.9 Å². The van der Waals surface area contributed by atoms with Crippen molar-refractivity contribution in [2.75, 3.05) is 20.1 Å². The minimum absolute atomic E-state index is 0.0129. The quantitative estimate of drug-likeness (QED) is 0.227. The molecule has 0 unspecified atom stereocenters. The minimum Gasteiger partial charge on any atom is -0.335 e. The third kappa shape index (κ3) is 6.08. The van der Waals surface area contributed by atoms with Crippen molar-refractivity contribution in [3.05, 3.63) is 95.3 Å². The predicted molar refractivity (Wildman–Crippen MR) is 160 cm³/mol. The van der Waals surface area contributed by atoms with Crippen LogP contribution in [0.4, 0.5) is 22.4 Å². The Bertz CT molecular complexity index is 1390. The van der Waals surface area contributed by atoms with Gasteiger partial charge in [0.25, 0.3) is 0 Å². The molecule has 0 spiro atoms. The van der Waals surface area contributed by atoms with Gasteiger partial charge in [0, 0.05) is 20.1 Å². The fourth-order valence-corrected chi connectivity index (χ4v) is 6.71. The van der Waals surface area contributed by atoms with Gasteiger partial charge < -0.3 is 14.7 Å². The first-order chi connectivity index (χ1) is 20.1. The largest absolute Gasteiger partial charge is 0.416 e. The predicted octanol–water partition coefficient (Wildman–Crippen LogP) is 8.19. The molecule has 4 rings (SSSR count). The highest BCUT2D eigenvalue weighted by Crippen LogP contribution is 2.50. The monoisotopic (exact) mass is 599 g/mol. The Balaban J connectivity index is 1.75. The lowest BCUT2D eigenvalue weighted by Gasteiger charge is -2.47. The molecule has 0 aliphatic carbocycles. The molecular formula is C34H41F4N3O2. The lowest BCUT2D eigenvalue weighted by atomic mass is 9.76. The maximum atomic E-state index is 14.3. The molecule has 2 aliphatic rings. The summed E-state index contributed by atoms with van der Waals surface area (Å²) in [7, 11) is 1.59. The van der Waals surface area contributed by atoms with E-state index in [1.165, 1.54) is 17.0 Å². The van der Waals surface area contributed by atoms with E-state index in [1.54, 1.807) is 50.1 Å². The third-order valence-electron chi connectivity index (χ3n) is 9.20. The molecule has 0 aromatic heterocycles. The van der Waals surface area contributed by atoms with Crippen molar-refractivity contribution >= 4 is 11.9 Å². The summed E-state index contributed by atoms with van der Waals surface area (Å²) in [4.78, 5) is 33.1. The lowest BCUT2D eigenvalue weighted by Crippen LogP contribution is -2.57. The molecule has 9 heteroatoms. The SMILES string of the molecule is C=CCC1(CC=C)C[C@H]2[C@H](c3ccc(F)cc3C)N(C(=O)N(C)[C@H](C)c3cc(C(C)C)cc(C(F)(F)F)c3)CCN2C1=O. The molecule has 0 radical (unpaired) electrons. The van der Waals surface area contributed by atoms with Crippen LogP contribution in [0.5, 0.6) is 0 Å². The van der Waals surface area contributed by atoms with E-state index in [0.29, 0.717) is 42.5 Å². The van der Waals surface area contributed by atoms with E-state index in [1.807, 2.05) is 18.7 Å². The summed E-state index contributed by atoms with van der Waals surface area (Å²) < 4.78 is 55.6. The molecule has 232 valence electrons. The molecule has 5 nitrogen and oxygen atoms in total. The Morgan fingerprint density at radius 3 is 2.26 bits per heavy atom. The van der Waals surface area contributed by atoms with Crippen molar-refractivity contribution in [2.24, 2.45) is 5.41 Å². The van der Waals surface area contributed by atoms with Crippen molar-refractivity contribution < 1.29 is 27.2 Å². The van der Waals surface area contributed by atoms with Crippen LogP contribution in [-0.4, -0.2) is 52.8 Å². The van der Waals surface area contributed by atoms with Crippen LogP contribution in [-0.2, 0) is 11.0 Å². The third-order valence-corrected chi connectivity index (χ3v) is 9.20. The standard InChI is InChI=1S/C34H41F4N3O2/c1-8-12-33(13-9-2)20-29-30(28-11-10-27(35)16-22(28)5)41(15-14-40(29)31(33)42)32(43)39(7)23(6)25-17-24(21(3)4)18-26(19-25)34(36,37)38/h8-11,16-19,21,23,29-30H,1-2,12-15,20H2,3-7H3/t23-,29+,30+/m1/s1. The van der Waals surface area contributed by atoms with E-state index in [4.69, 9.17) is 0 Å². The Morgan fingerprint density at radius 1 is 1.07 bits per heavy atom. The highest BCUT2D eigenvalue weighted by Gasteiger charge is 2.56. The zero-order valence-electron chi connectivity index (χ0n) is 25.5. The summed E-state index contributed by atoms with van der Waals surface area (Å²) in [5.74, 6) is -0.557. The molecule has 2 saturated heterocycles. The van der Waals surface area contributed by atoms with Gasteiger partial charge in [0.15, 0.2) is 0 Å². The molecule has 2 fully saturated rings. The zero-order valence-corrected chi connectivity index (χ0v) is 25.5. The Morgan fingerprint density at radius 2 is 1.70 bits per heavy atom. The molecule has 43 heavy (non-hydrogen) atoms. The van der Waals surface area contributed by atoms with Gasteiger partial charge in [-0.1, -0.05) is 38.1 Å². The summed E-state index contributed by atoms with van der Waals surface area (Å²) in [6.07, 6.45) is 0.312. The molecule has 2 aromatic rings. The lowest BCUT2D eigenvalue weighted by molar-refractivity contribution is -0.139. The Hall–Kier alpha value is -3.62. The van der Waals surface area contributed by atoms with E-state index >= 15 is 0 Å². The summed E-state index contributed by atoms with van der Waals surface area (Å²) in [5.41, 5.74) is 0.819. The van der Waals surface area contributed by atoms with Gasteiger partial charge in [-0.2, -0.15) is 13.2 Å². The van der Waals surface area contributed by atoms with E-state index in [9.17, 15) is 27.2 Å². The van der Waals surface area contributed by atoms with Gasteiger partial charge in [-0.05, 0) is 85.5 Å². The number of amides is 3. The molecule has 2 aromatic carbocycles. The number of allylic oxidation sites excluding steroid dienone is 2. The molecule has 2 aliphatic heterocycles. The minimum atomic E-state index is -4.53. The van der Waals surface area contributed by atoms with Crippen LogP contribution >= 0.6 is 0 Å². The summed E-state index contributed by atoms with van der Waals surface area (Å²) in [5, 5.41) is 0. The van der Waals surface area contributed by atoms with Crippen LogP contribution in [0.1, 0.15) is 85.9 Å². The fraction of sp³-hybridized carbons (Fsp3) is 0.471. The molecular weight excluding hydrogens is 558 g/mol. The fourth-order valence-electron chi connectivity index (χ4n) is 6.71. The van der Waals surface area contributed by atoms with Crippen molar-refractivity contribution in [2.45, 2.75) is 77.2 Å². The summed E-state index contributed by atoms with van der Waals surface area (Å²) in [6.45, 7) is 15.4. The van der Waals surface area contributed by atoms with Gasteiger partial charge in [-0.15, -0.1) is 13.2 Å². The van der Waals surface area contributed by atoms with Crippen LogP contribution in [0, 0.1) is 18.2 Å². The number of rotatable bonds is 8. The molecule has 3 atom stereocenters. The Labute approximate surface area is 251 Å². The zero-order chi connectivity index (χ0) is 31.9. The number of nitrogens with zero attached hydrogens (tertiary/aromatic N) is 3. The number of hydrogen-bond acceptors (Lipinski definition) is 2. The number of halogens is 4. The highest BCUT2D eigenvalue weighted by atomic mass is 19.4. The number of urea groups is 1. The highest BCUT2D eigenvalue weighted by molar-refractivity contribution is 5.87. The molecule has 0 bridgehead atoms. The second kappa shape index (κ2) is 12.2. The van der Waals surface area contributed by atoms with Gasteiger partial charge in [0.2, 0.25) is 5.91 Å². The summed E-state index contributed by atoms with van der Waals surface area (Å²) >= 11 is 0. The van der Waals surface area contributed by atoms with Crippen LogP contribution in [0.3, 0.4) is 0 Å².